The Labute approximate surface area is 91.8 Å². The van der Waals surface area contributed by atoms with Crippen molar-refractivity contribution >= 4 is 17.9 Å². The molecule has 3 nitrogen and oxygen atoms in total. The van der Waals surface area contributed by atoms with E-state index >= 15 is 0 Å². The van der Waals surface area contributed by atoms with Crippen molar-refractivity contribution in [3.8, 4) is 11.3 Å². The first-order valence-electron chi connectivity index (χ1n) is 4.33. The fraction of sp³-hybridized carbons (Fsp3) is 0. The number of hydrogen-bond donors (Lipinski definition) is 0. The highest BCUT2D eigenvalue weighted by Crippen LogP contribution is 2.26. The van der Waals surface area contributed by atoms with E-state index in [1.807, 2.05) is 0 Å². The molecule has 0 saturated heterocycles. The maximum absolute atomic E-state index is 10.8. The average Bonchev–Trinajstić information content (AvgIpc) is 2.30. The van der Waals surface area contributed by atoms with Crippen molar-refractivity contribution < 1.29 is 4.79 Å². The van der Waals surface area contributed by atoms with Gasteiger partial charge in [-0.1, -0.05) is 11.6 Å². The van der Waals surface area contributed by atoms with Crippen molar-refractivity contribution in [2.45, 2.75) is 0 Å². The number of rotatable bonds is 2. The van der Waals surface area contributed by atoms with Crippen molar-refractivity contribution in [2.75, 3.05) is 0 Å². The van der Waals surface area contributed by atoms with E-state index in [1.165, 1.54) is 6.20 Å². The monoisotopic (exact) mass is 218 g/mol. The first kappa shape index (κ1) is 9.80. The van der Waals surface area contributed by atoms with E-state index in [0.29, 0.717) is 16.3 Å². The number of aromatic nitrogens is 2. The third kappa shape index (κ3) is 1.87. The van der Waals surface area contributed by atoms with Crippen LogP contribution in [-0.2, 0) is 0 Å². The van der Waals surface area contributed by atoms with Crippen molar-refractivity contribution in [3.05, 3.63) is 47.4 Å². The molecule has 2 aromatic rings. The molecule has 0 bridgehead atoms. The smallest absolute Gasteiger partial charge is 0.152 e. The molecule has 2 heterocycles. The lowest BCUT2D eigenvalue weighted by Gasteiger charge is -2.04. The maximum Gasteiger partial charge on any atom is 0.152 e. The SMILES string of the molecule is O=Cc1cccnc1-c1ccncc1Cl. The van der Waals surface area contributed by atoms with Crippen LogP contribution in [0, 0.1) is 0 Å². The molecule has 0 aliphatic heterocycles. The number of carbonyl (C=O) groups is 1. The zero-order valence-corrected chi connectivity index (χ0v) is 8.48. The topological polar surface area (TPSA) is 42.9 Å². The Hall–Kier alpha value is -1.74. The zero-order valence-electron chi connectivity index (χ0n) is 7.72. The predicted molar refractivity (Wildman–Crippen MR) is 57.9 cm³/mol. The second-order valence-electron chi connectivity index (χ2n) is 2.91. The second-order valence-corrected chi connectivity index (χ2v) is 3.32. The molecule has 0 spiro atoms. The summed E-state index contributed by atoms with van der Waals surface area (Å²) >= 11 is 5.97. The largest absolute Gasteiger partial charge is 0.298 e. The van der Waals surface area contributed by atoms with Gasteiger partial charge >= 0.3 is 0 Å². The minimum Gasteiger partial charge on any atom is -0.298 e. The minimum absolute atomic E-state index is 0.485. The Balaban J connectivity index is 2.64. The number of hydrogen-bond acceptors (Lipinski definition) is 3. The summed E-state index contributed by atoms with van der Waals surface area (Å²) < 4.78 is 0. The standard InChI is InChI=1S/C11H7ClN2O/c12-10-6-13-5-3-9(10)11-8(7-15)2-1-4-14-11/h1-7H. The zero-order chi connectivity index (χ0) is 10.7. The molecule has 0 saturated carbocycles. The van der Waals surface area contributed by atoms with E-state index < -0.39 is 0 Å². The summed E-state index contributed by atoms with van der Waals surface area (Å²) in [6.45, 7) is 0. The van der Waals surface area contributed by atoms with E-state index in [9.17, 15) is 4.79 Å². The van der Waals surface area contributed by atoms with Crippen LogP contribution in [0.3, 0.4) is 0 Å². The van der Waals surface area contributed by atoms with E-state index in [1.54, 1.807) is 30.6 Å². The van der Waals surface area contributed by atoms with E-state index in [0.717, 1.165) is 11.8 Å². The van der Waals surface area contributed by atoms with Gasteiger partial charge in [0, 0.05) is 29.7 Å². The van der Waals surface area contributed by atoms with Crippen LogP contribution in [0.4, 0.5) is 0 Å². The van der Waals surface area contributed by atoms with Crippen molar-refractivity contribution in [2.24, 2.45) is 0 Å². The maximum atomic E-state index is 10.8. The molecular weight excluding hydrogens is 212 g/mol. The van der Waals surface area contributed by atoms with Crippen LogP contribution in [0.25, 0.3) is 11.3 Å². The number of halogens is 1. The molecule has 15 heavy (non-hydrogen) atoms. The van der Waals surface area contributed by atoms with Gasteiger partial charge in [-0.05, 0) is 18.2 Å². The molecule has 0 aliphatic carbocycles. The first-order chi connectivity index (χ1) is 7.33. The Morgan fingerprint density at radius 3 is 2.87 bits per heavy atom. The molecule has 0 aromatic carbocycles. The first-order valence-corrected chi connectivity index (χ1v) is 4.71. The Morgan fingerprint density at radius 1 is 1.27 bits per heavy atom. The van der Waals surface area contributed by atoms with Crippen molar-refractivity contribution in [1.29, 1.82) is 0 Å². The summed E-state index contributed by atoms with van der Waals surface area (Å²) in [6, 6.07) is 5.14. The molecule has 0 unspecified atom stereocenters. The van der Waals surface area contributed by atoms with Gasteiger partial charge in [0.2, 0.25) is 0 Å². The van der Waals surface area contributed by atoms with Gasteiger partial charge in [0.1, 0.15) is 0 Å². The van der Waals surface area contributed by atoms with Crippen molar-refractivity contribution in [1.82, 2.24) is 9.97 Å². The van der Waals surface area contributed by atoms with Gasteiger partial charge in [-0.2, -0.15) is 0 Å². The number of nitrogens with zero attached hydrogens (tertiary/aromatic N) is 2. The van der Waals surface area contributed by atoms with Gasteiger partial charge in [-0.25, -0.2) is 0 Å². The summed E-state index contributed by atoms with van der Waals surface area (Å²) in [6.07, 6.45) is 5.53. The lowest BCUT2D eigenvalue weighted by molar-refractivity contribution is 0.112. The van der Waals surface area contributed by atoms with Crippen LogP contribution >= 0.6 is 11.6 Å². The van der Waals surface area contributed by atoms with Crippen LogP contribution < -0.4 is 0 Å². The lowest BCUT2D eigenvalue weighted by Crippen LogP contribution is -1.91. The van der Waals surface area contributed by atoms with E-state index in [-0.39, 0.29) is 0 Å². The van der Waals surface area contributed by atoms with Gasteiger partial charge < -0.3 is 0 Å². The molecule has 2 aromatic heterocycles. The Bertz CT molecular complexity index is 499. The average molecular weight is 219 g/mol. The van der Waals surface area contributed by atoms with Gasteiger partial charge in [0.05, 0.1) is 10.7 Å². The third-order valence-electron chi connectivity index (χ3n) is 1.99. The normalized spacial score (nSPS) is 9.93. The Kier molecular flexibility index (Phi) is 2.74. The van der Waals surface area contributed by atoms with Crippen LogP contribution in [0.15, 0.2) is 36.8 Å². The lowest BCUT2D eigenvalue weighted by atomic mass is 10.1. The molecule has 74 valence electrons. The van der Waals surface area contributed by atoms with Gasteiger partial charge in [0.15, 0.2) is 6.29 Å². The van der Waals surface area contributed by atoms with Gasteiger partial charge in [-0.3, -0.25) is 14.8 Å². The molecule has 0 radical (unpaired) electrons. The summed E-state index contributed by atoms with van der Waals surface area (Å²) in [5.41, 5.74) is 1.82. The van der Waals surface area contributed by atoms with Crippen LogP contribution in [0.1, 0.15) is 10.4 Å². The van der Waals surface area contributed by atoms with Gasteiger partial charge in [0.25, 0.3) is 0 Å². The molecular formula is C11H7ClN2O. The van der Waals surface area contributed by atoms with E-state index in [4.69, 9.17) is 11.6 Å². The molecule has 0 amide bonds. The molecule has 4 heteroatoms. The van der Waals surface area contributed by atoms with Crippen LogP contribution in [-0.4, -0.2) is 16.3 Å². The number of carbonyl (C=O) groups excluding carboxylic acids is 1. The number of pyridine rings is 2. The fourth-order valence-corrected chi connectivity index (χ4v) is 1.51. The van der Waals surface area contributed by atoms with Gasteiger partial charge in [-0.15, -0.1) is 0 Å². The Morgan fingerprint density at radius 2 is 2.13 bits per heavy atom. The molecule has 0 N–H and O–H groups in total. The predicted octanol–water partition coefficient (Wildman–Crippen LogP) is 2.61. The minimum atomic E-state index is 0.485. The van der Waals surface area contributed by atoms with E-state index in [2.05, 4.69) is 9.97 Å². The summed E-state index contributed by atoms with van der Waals surface area (Å²) in [5, 5.41) is 0.485. The summed E-state index contributed by atoms with van der Waals surface area (Å²) in [7, 11) is 0. The second kappa shape index (κ2) is 4.19. The quantitative estimate of drug-likeness (QED) is 0.728. The van der Waals surface area contributed by atoms with Crippen molar-refractivity contribution in [3.63, 3.8) is 0 Å². The summed E-state index contributed by atoms with van der Waals surface area (Å²) in [5.74, 6) is 0. The van der Waals surface area contributed by atoms with Crippen LogP contribution in [0.5, 0.6) is 0 Å². The molecule has 0 aliphatic rings. The highest BCUT2D eigenvalue weighted by molar-refractivity contribution is 6.33. The third-order valence-corrected chi connectivity index (χ3v) is 2.29. The highest BCUT2D eigenvalue weighted by Gasteiger charge is 2.08. The summed E-state index contributed by atoms with van der Waals surface area (Å²) in [4.78, 5) is 18.8. The molecule has 0 atom stereocenters. The fourth-order valence-electron chi connectivity index (χ4n) is 1.31. The number of aldehydes is 1. The van der Waals surface area contributed by atoms with Crippen LogP contribution in [0.2, 0.25) is 5.02 Å². The highest BCUT2D eigenvalue weighted by atomic mass is 35.5. The molecule has 2 rings (SSSR count). The molecule has 0 fully saturated rings.